The first kappa shape index (κ1) is 10.6. The maximum absolute atomic E-state index is 12.9. The van der Waals surface area contributed by atoms with Gasteiger partial charge in [0, 0.05) is 4.47 Å². The summed E-state index contributed by atoms with van der Waals surface area (Å²) in [5.41, 5.74) is -0.116. The van der Waals surface area contributed by atoms with Crippen LogP contribution in [0.15, 0.2) is 22.7 Å². The third-order valence-corrected chi connectivity index (χ3v) is 3.72. The van der Waals surface area contributed by atoms with Crippen LogP contribution in [-0.2, 0) is 10.2 Å². The summed E-state index contributed by atoms with van der Waals surface area (Å²) in [6.07, 6.45) is 2.18. The van der Waals surface area contributed by atoms with E-state index in [2.05, 4.69) is 15.9 Å². The Morgan fingerprint density at radius 2 is 2.13 bits per heavy atom. The monoisotopic (exact) mass is 272 g/mol. The van der Waals surface area contributed by atoms with Crippen LogP contribution in [0.1, 0.15) is 24.8 Å². The van der Waals surface area contributed by atoms with Crippen molar-refractivity contribution in [2.75, 3.05) is 0 Å². The Morgan fingerprint density at radius 3 is 2.53 bits per heavy atom. The molecule has 0 amide bonds. The van der Waals surface area contributed by atoms with Crippen molar-refractivity contribution in [3.63, 3.8) is 0 Å². The van der Waals surface area contributed by atoms with Crippen molar-refractivity contribution in [3.05, 3.63) is 34.1 Å². The quantitative estimate of drug-likeness (QED) is 0.899. The molecule has 0 atom stereocenters. The van der Waals surface area contributed by atoms with Crippen molar-refractivity contribution < 1.29 is 14.3 Å². The summed E-state index contributed by atoms with van der Waals surface area (Å²) in [6, 6.07) is 4.19. The number of halogens is 2. The van der Waals surface area contributed by atoms with Crippen LogP contribution in [0.5, 0.6) is 0 Å². The number of carboxylic acids is 1. The zero-order valence-corrected chi connectivity index (χ0v) is 9.55. The molecule has 1 aromatic rings. The molecule has 1 aliphatic carbocycles. The highest BCUT2D eigenvalue weighted by Gasteiger charge is 2.46. The van der Waals surface area contributed by atoms with Crippen LogP contribution < -0.4 is 0 Å². The Labute approximate surface area is 95.2 Å². The van der Waals surface area contributed by atoms with E-state index in [1.54, 1.807) is 6.07 Å². The van der Waals surface area contributed by atoms with E-state index in [1.165, 1.54) is 12.1 Å². The highest BCUT2D eigenvalue weighted by molar-refractivity contribution is 9.10. The second-order valence-electron chi connectivity index (χ2n) is 3.86. The van der Waals surface area contributed by atoms with Crippen LogP contribution in [-0.4, -0.2) is 11.1 Å². The summed E-state index contributed by atoms with van der Waals surface area (Å²) < 4.78 is 13.4. The smallest absolute Gasteiger partial charge is 0.314 e. The average molecular weight is 273 g/mol. The zero-order chi connectivity index (χ0) is 11.1. The van der Waals surface area contributed by atoms with Crippen LogP contribution in [0.2, 0.25) is 0 Å². The van der Waals surface area contributed by atoms with Gasteiger partial charge in [-0.1, -0.05) is 28.4 Å². The molecular weight excluding hydrogens is 263 g/mol. The van der Waals surface area contributed by atoms with Crippen molar-refractivity contribution in [2.45, 2.75) is 24.7 Å². The van der Waals surface area contributed by atoms with E-state index < -0.39 is 11.4 Å². The second-order valence-corrected chi connectivity index (χ2v) is 4.72. The minimum absolute atomic E-state index is 0.356. The summed E-state index contributed by atoms with van der Waals surface area (Å²) in [4.78, 5) is 11.2. The van der Waals surface area contributed by atoms with Gasteiger partial charge in [0.1, 0.15) is 5.82 Å². The highest BCUT2D eigenvalue weighted by Crippen LogP contribution is 2.46. The fraction of sp³-hybridized carbons (Fsp3) is 0.364. The van der Waals surface area contributed by atoms with Crippen molar-refractivity contribution in [3.8, 4) is 0 Å². The van der Waals surface area contributed by atoms with E-state index in [1.807, 2.05) is 0 Å². The molecule has 1 saturated carbocycles. The lowest BCUT2D eigenvalue weighted by molar-refractivity contribution is -0.147. The van der Waals surface area contributed by atoms with E-state index >= 15 is 0 Å². The van der Waals surface area contributed by atoms with E-state index in [4.69, 9.17) is 0 Å². The van der Waals surface area contributed by atoms with Gasteiger partial charge >= 0.3 is 5.97 Å². The van der Waals surface area contributed by atoms with Gasteiger partial charge in [0.2, 0.25) is 0 Å². The lowest BCUT2D eigenvalue weighted by Crippen LogP contribution is -2.42. The van der Waals surface area contributed by atoms with Crippen LogP contribution in [0.4, 0.5) is 4.39 Å². The van der Waals surface area contributed by atoms with Gasteiger partial charge in [-0.25, -0.2) is 4.39 Å². The largest absolute Gasteiger partial charge is 0.481 e. The summed E-state index contributed by atoms with van der Waals surface area (Å²) >= 11 is 3.22. The van der Waals surface area contributed by atoms with Gasteiger partial charge in [-0.3, -0.25) is 4.79 Å². The fourth-order valence-electron chi connectivity index (χ4n) is 2.01. The fourth-order valence-corrected chi connectivity index (χ4v) is 2.74. The van der Waals surface area contributed by atoms with Gasteiger partial charge < -0.3 is 5.11 Å². The third-order valence-electron chi connectivity index (χ3n) is 3.06. The van der Waals surface area contributed by atoms with Crippen LogP contribution in [0.3, 0.4) is 0 Å². The molecule has 0 radical (unpaired) electrons. The first-order chi connectivity index (χ1) is 7.06. The summed E-state index contributed by atoms with van der Waals surface area (Å²) in [7, 11) is 0. The summed E-state index contributed by atoms with van der Waals surface area (Å²) in [6.45, 7) is 0. The maximum Gasteiger partial charge on any atom is 0.314 e. The maximum atomic E-state index is 12.9. The molecule has 0 unspecified atom stereocenters. The summed E-state index contributed by atoms with van der Waals surface area (Å²) in [5.74, 6) is -1.17. The first-order valence-electron chi connectivity index (χ1n) is 4.75. The van der Waals surface area contributed by atoms with Gasteiger partial charge in [0.25, 0.3) is 0 Å². The van der Waals surface area contributed by atoms with Gasteiger partial charge in [-0.15, -0.1) is 0 Å². The third kappa shape index (κ3) is 1.57. The molecule has 1 N–H and O–H groups in total. The molecule has 1 aliphatic rings. The molecule has 2 rings (SSSR count). The van der Waals surface area contributed by atoms with Crippen molar-refractivity contribution in [1.29, 1.82) is 0 Å². The second kappa shape index (κ2) is 3.59. The Morgan fingerprint density at radius 1 is 1.47 bits per heavy atom. The Balaban J connectivity index is 2.48. The Kier molecular flexibility index (Phi) is 2.54. The highest BCUT2D eigenvalue weighted by atomic mass is 79.9. The molecule has 0 spiro atoms. The molecule has 0 saturated heterocycles. The standard InChI is InChI=1S/C11H10BrFO2/c12-9-6-7(13)2-3-8(9)11(10(14)15)4-1-5-11/h2-3,6H,1,4-5H2,(H,14,15). The van der Waals surface area contributed by atoms with Crippen LogP contribution >= 0.6 is 15.9 Å². The Hall–Kier alpha value is -0.900. The van der Waals surface area contributed by atoms with Gasteiger partial charge in [0.15, 0.2) is 0 Å². The molecule has 1 aromatic carbocycles. The molecule has 4 heteroatoms. The molecular formula is C11H10BrFO2. The average Bonchev–Trinajstić information content (AvgIpc) is 2.05. The number of rotatable bonds is 2. The molecule has 0 aliphatic heterocycles. The van der Waals surface area contributed by atoms with Crippen LogP contribution in [0.25, 0.3) is 0 Å². The molecule has 80 valence electrons. The van der Waals surface area contributed by atoms with Gasteiger partial charge in [0.05, 0.1) is 5.41 Å². The topological polar surface area (TPSA) is 37.3 Å². The van der Waals surface area contributed by atoms with Crippen molar-refractivity contribution in [1.82, 2.24) is 0 Å². The van der Waals surface area contributed by atoms with Crippen LogP contribution in [0, 0.1) is 5.82 Å². The van der Waals surface area contributed by atoms with Crippen molar-refractivity contribution >= 4 is 21.9 Å². The SMILES string of the molecule is O=C(O)C1(c2ccc(F)cc2Br)CCC1. The number of carbonyl (C=O) groups is 1. The zero-order valence-electron chi connectivity index (χ0n) is 7.96. The van der Waals surface area contributed by atoms with Crippen molar-refractivity contribution in [2.24, 2.45) is 0 Å². The summed E-state index contributed by atoms with van der Waals surface area (Å²) in [5, 5.41) is 9.22. The van der Waals surface area contributed by atoms with E-state index in [-0.39, 0.29) is 5.82 Å². The molecule has 0 bridgehead atoms. The van der Waals surface area contributed by atoms with E-state index in [9.17, 15) is 14.3 Å². The minimum atomic E-state index is -0.818. The van der Waals surface area contributed by atoms with Gasteiger partial charge in [-0.2, -0.15) is 0 Å². The van der Waals surface area contributed by atoms with E-state index in [0.29, 0.717) is 22.9 Å². The van der Waals surface area contributed by atoms with E-state index in [0.717, 1.165) is 6.42 Å². The molecule has 2 nitrogen and oxygen atoms in total. The lowest BCUT2D eigenvalue weighted by atomic mass is 9.64. The molecule has 0 heterocycles. The molecule has 1 fully saturated rings. The predicted octanol–water partition coefficient (Wildman–Crippen LogP) is 3.09. The van der Waals surface area contributed by atoms with Gasteiger partial charge in [-0.05, 0) is 30.5 Å². The number of carboxylic acid groups (broad SMARTS) is 1. The number of aliphatic carboxylic acids is 1. The molecule has 0 aromatic heterocycles. The molecule has 15 heavy (non-hydrogen) atoms. The number of hydrogen-bond donors (Lipinski definition) is 1. The number of benzene rings is 1. The normalized spacial score (nSPS) is 18.3. The minimum Gasteiger partial charge on any atom is -0.481 e. The predicted molar refractivity (Wildman–Crippen MR) is 57.3 cm³/mol. The first-order valence-corrected chi connectivity index (χ1v) is 5.54. The number of hydrogen-bond acceptors (Lipinski definition) is 1. The lowest BCUT2D eigenvalue weighted by Gasteiger charge is -2.38. The Bertz CT molecular complexity index is 413.